The van der Waals surface area contributed by atoms with Crippen molar-refractivity contribution in [2.45, 2.75) is 57.1 Å². The fourth-order valence-electron chi connectivity index (χ4n) is 2.77. The molecule has 1 spiro atoms. The third-order valence-electron chi connectivity index (χ3n) is 3.87. The lowest BCUT2D eigenvalue weighted by atomic mass is 9.83. The van der Waals surface area contributed by atoms with Crippen molar-refractivity contribution in [1.29, 1.82) is 0 Å². The van der Waals surface area contributed by atoms with E-state index in [0.29, 0.717) is 19.6 Å². The zero-order valence-corrected chi connectivity index (χ0v) is 11.8. The molecule has 0 aromatic carbocycles. The highest BCUT2D eigenvalue weighted by atomic mass is 19.3. The summed E-state index contributed by atoms with van der Waals surface area (Å²) in [5.74, 6) is -2.67. The monoisotopic (exact) mass is 276 g/mol. The number of hydrogen-bond acceptors (Lipinski definition) is 3. The molecule has 2 rings (SSSR count). The molecule has 0 saturated carbocycles. The summed E-state index contributed by atoms with van der Waals surface area (Å²) in [6.45, 7) is 6.36. The van der Waals surface area contributed by atoms with Crippen LogP contribution in [0.25, 0.3) is 0 Å². The number of piperidine rings is 1. The fraction of sp³-hybridized carbons (Fsp3) is 0.923. The van der Waals surface area contributed by atoms with Gasteiger partial charge in [0.25, 0.3) is 5.92 Å². The molecule has 1 amide bonds. The van der Waals surface area contributed by atoms with Gasteiger partial charge in [-0.1, -0.05) is 0 Å². The molecule has 2 saturated heterocycles. The van der Waals surface area contributed by atoms with Crippen molar-refractivity contribution >= 4 is 6.09 Å². The second kappa shape index (κ2) is 4.58. The number of alkyl halides is 2. The first-order valence-corrected chi connectivity index (χ1v) is 6.76. The second-order valence-corrected chi connectivity index (χ2v) is 6.43. The van der Waals surface area contributed by atoms with Gasteiger partial charge in [-0.25, -0.2) is 13.6 Å². The van der Waals surface area contributed by atoms with Gasteiger partial charge in [0.2, 0.25) is 0 Å². The molecule has 2 aliphatic heterocycles. The molecule has 0 aromatic rings. The number of likely N-dealkylation sites (tertiary alicyclic amines) is 1. The largest absolute Gasteiger partial charge is 0.444 e. The van der Waals surface area contributed by atoms with E-state index in [2.05, 4.69) is 5.32 Å². The van der Waals surface area contributed by atoms with Crippen molar-refractivity contribution < 1.29 is 18.3 Å². The van der Waals surface area contributed by atoms with Gasteiger partial charge in [0.05, 0.1) is 5.54 Å². The number of rotatable bonds is 0. The molecule has 0 atom stereocenters. The zero-order valence-electron chi connectivity index (χ0n) is 11.8. The van der Waals surface area contributed by atoms with Gasteiger partial charge in [-0.05, 0) is 33.6 Å². The van der Waals surface area contributed by atoms with E-state index in [1.165, 1.54) is 4.90 Å². The van der Waals surface area contributed by atoms with E-state index in [4.69, 9.17) is 4.74 Å². The average Bonchev–Trinajstić information content (AvgIpc) is 2.53. The minimum absolute atomic E-state index is 0.112. The Morgan fingerprint density at radius 2 is 1.79 bits per heavy atom. The van der Waals surface area contributed by atoms with Gasteiger partial charge in [0.15, 0.2) is 0 Å². The third-order valence-corrected chi connectivity index (χ3v) is 3.87. The molecule has 2 heterocycles. The summed E-state index contributed by atoms with van der Waals surface area (Å²) >= 11 is 0. The molecule has 2 aliphatic rings. The van der Waals surface area contributed by atoms with Gasteiger partial charge >= 0.3 is 6.09 Å². The van der Waals surface area contributed by atoms with Crippen LogP contribution in [0.3, 0.4) is 0 Å². The maximum atomic E-state index is 13.9. The quantitative estimate of drug-likeness (QED) is 0.738. The number of carbonyl (C=O) groups is 1. The Labute approximate surface area is 112 Å². The van der Waals surface area contributed by atoms with Crippen molar-refractivity contribution in [3.63, 3.8) is 0 Å². The smallest absolute Gasteiger partial charge is 0.410 e. The number of hydrogen-bond donors (Lipinski definition) is 1. The molecular formula is C13H22F2N2O2. The Bertz CT molecular complexity index is 358. The normalized spacial score (nSPS) is 25.6. The zero-order chi connectivity index (χ0) is 14.3. The van der Waals surface area contributed by atoms with Crippen molar-refractivity contribution in [3.8, 4) is 0 Å². The van der Waals surface area contributed by atoms with E-state index in [0.717, 1.165) is 0 Å². The van der Waals surface area contributed by atoms with Gasteiger partial charge in [-0.2, -0.15) is 0 Å². The molecule has 0 aromatic heterocycles. The Morgan fingerprint density at radius 3 is 2.21 bits per heavy atom. The van der Waals surface area contributed by atoms with Crippen LogP contribution in [0, 0.1) is 0 Å². The number of ether oxygens (including phenoxy) is 1. The van der Waals surface area contributed by atoms with Gasteiger partial charge in [-0.3, -0.25) is 0 Å². The van der Waals surface area contributed by atoms with Crippen LogP contribution in [0.5, 0.6) is 0 Å². The van der Waals surface area contributed by atoms with E-state index in [9.17, 15) is 13.6 Å². The number of amides is 1. The first kappa shape index (κ1) is 14.5. The number of halogens is 2. The summed E-state index contributed by atoms with van der Waals surface area (Å²) in [5.41, 5.74) is -1.67. The first-order chi connectivity index (χ1) is 8.65. The van der Waals surface area contributed by atoms with Gasteiger partial charge < -0.3 is 15.0 Å². The van der Waals surface area contributed by atoms with Crippen LogP contribution in [0.2, 0.25) is 0 Å². The van der Waals surface area contributed by atoms with E-state index < -0.39 is 23.2 Å². The lowest BCUT2D eigenvalue weighted by Crippen LogP contribution is -2.59. The summed E-state index contributed by atoms with van der Waals surface area (Å²) < 4.78 is 33.0. The molecule has 0 bridgehead atoms. The molecule has 0 aliphatic carbocycles. The Balaban J connectivity index is 1.94. The topological polar surface area (TPSA) is 41.6 Å². The van der Waals surface area contributed by atoms with E-state index in [-0.39, 0.29) is 19.3 Å². The maximum absolute atomic E-state index is 13.9. The highest BCUT2D eigenvalue weighted by Crippen LogP contribution is 2.43. The van der Waals surface area contributed by atoms with Crippen molar-refractivity contribution in [1.82, 2.24) is 10.2 Å². The first-order valence-electron chi connectivity index (χ1n) is 6.76. The Kier molecular flexibility index (Phi) is 3.49. The summed E-state index contributed by atoms with van der Waals surface area (Å²) in [4.78, 5) is 13.4. The van der Waals surface area contributed by atoms with Crippen LogP contribution < -0.4 is 5.32 Å². The molecule has 4 nitrogen and oxygen atoms in total. The van der Waals surface area contributed by atoms with Crippen LogP contribution >= 0.6 is 0 Å². The third kappa shape index (κ3) is 2.83. The SMILES string of the molecule is CC(C)(C)OC(=O)N1CCC2(CC1)NCCC2(F)F. The molecule has 19 heavy (non-hydrogen) atoms. The minimum Gasteiger partial charge on any atom is -0.444 e. The van der Waals surface area contributed by atoms with Crippen LogP contribution in [0.15, 0.2) is 0 Å². The number of nitrogens with zero attached hydrogens (tertiary/aromatic N) is 1. The van der Waals surface area contributed by atoms with Crippen molar-refractivity contribution in [3.05, 3.63) is 0 Å². The van der Waals surface area contributed by atoms with Gasteiger partial charge in [0.1, 0.15) is 5.60 Å². The summed E-state index contributed by atoms with van der Waals surface area (Å²) in [7, 11) is 0. The highest BCUT2D eigenvalue weighted by molar-refractivity contribution is 5.68. The van der Waals surface area contributed by atoms with E-state index in [1.54, 1.807) is 20.8 Å². The molecule has 110 valence electrons. The predicted molar refractivity (Wildman–Crippen MR) is 67.3 cm³/mol. The Hall–Kier alpha value is -0.910. The lowest BCUT2D eigenvalue weighted by molar-refractivity contribution is -0.0839. The molecular weight excluding hydrogens is 254 g/mol. The van der Waals surface area contributed by atoms with Gasteiger partial charge in [-0.15, -0.1) is 0 Å². The second-order valence-electron chi connectivity index (χ2n) is 6.43. The van der Waals surface area contributed by atoms with Crippen LogP contribution in [-0.2, 0) is 4.74 Å². The summed E-state index contributed by atoms with van der Waals surface area (Å²) in [5, 5.41) is 2.94. The van der Waals surface area contributed by atoms with Crippen LogP contribution in [0.4, 0.5) is 13.6 Å². The van der Waals surface area contributed by atoms with Gasteiger partial charge in [0, 0.05) is 26.1 Å². The van der Waals surface area contributed by atoms with Crippen molar-refractivity contribution in [2.75, 3.05) is 19.6 Å². The Morgan fingerprint density at radius 1 is 1.21 bits per heavy atom. The average molecular weight is 276 g/mol. The molecule has 0 unspecified atom stereocenters. The molecule has 6 heteroatoms. The molecule has 0 radical (unpaired) electrons. The van der Waals surface area contributed by atoms with E-state index >= 15 is 0 Å². The number of nitrogens with one attached hydrogen (secondary N) is 1. The number of carbonyl (C=O) groups excluding carboxylic acids is 1. The fourth-order valence-corrected chi connectivity index (χ4v) is 2.77. The predicted octanol–water partition coefficient (Wildman–Crippen LogP) is 2.38. The van der Waals surface area contributed by atoms with Crippen LogP contribution in [0.1, 0.15) is 40.0 Å². The summed E-state index contributed by atoms with van der Waals surface area (Å²) in [6.07, 6.45) is 0.0291. The summed E-state index contributed by atoms with van der Waals surface area (Å²) in [6, 6.07) is 0. The maximum Gasteiger partial charge on any atom is 0.410 e. The minimum atomic E-state index is -2.67. The standard InChI is InChI=1S/C13H22F2N2O2/c1-11(2,3)19-10(18)17-8-5-12(6-9-17)13(14,15)4-7-16-12/h16H,4-9H2,1-3H3. The molecule has 2 fully saturated rings. The highest BCUT2D eigenvalue weighted by Gasteiger charge is 2.57. The van der Waals surface area contributed by atoms with Crippen LogP contribution in [-0.4, -0.2) is 47.7 Å². The van der Waals surface area contributed by atoms with E-state index in [1.807, 2.05) is 0 Å². The molecule has 1 N–H and O–H groups in total. The lowest BCUT2D eigenvalue weighted by Gasteiger charge is -2.42. The van der Waals surface area contributed by atoms with Crippen molar-refractivity contribution in [2.24, 2.45) is 0 Å².